The van der Waals surface area contributed by atoms with Crippen molar-refractivity contribution in [1.82, 2.24) is 9.97 Å². The van der Waals surface area contributed by atoms with Crippen LogP contribution in [0.5, 0.6) is 5.88 Å². The van der Waals surface area contributed by atoms with Gasteiger partial charge in [0.25, 0.3) is 0 Å². The highest BCUT2D eigenvalue weighted by atomic mass is 19.3. The first-order valence-corrected chi connectivity index (χ1v) is 5.39. The van der Waals surface area contributed by atoms with E-state index in [0.717, 1.165) is 6.92 Å². The molecule has 0 spiro atoms. The van der Waals surface area contributed by atoms with Crippen molar-refractivity contribution in [1.29, 1.82) is 0 Å². The number of rotatable bonds is 4. The topological polar surface area (TPSA) is 44.2 Å². The number of nitrogens with zero attached hydrogens (tertiary/aromatic N) is 2. The van der Waals surface area contributed by atoms with E-state index in [-0.39, 0.29) is 5.88 Å². The standard InChI is InChI=1S/C11H14F2N2O2/c1-7-3-14-10(11(2,12)13)15-9(7)17-6-8-4-16-5-8/h3,8H,4-6H2,1-2H3. The summed E-state index contributed by atoms with van der Waals surface area (Å²) < 4.78 is 36.5. The molecular formula is C11H14F2N2O2. The fourth-order valence-electron chi connectivity index (χ4n) is 1.36. The van der Waals surface area contributed by atoms with Crippen LogP contribution in [0.3, 0.4) is 0 Å². The Bertz CT molecular complexity index is 403. The zero-order valence-corrected chi connectivity index (χ0v) is 9.74. The highest BCUT2D eigenvalue weighted by Crippen LogP contribution is 2.26. The molecule has 17 heavy (non-hydrogen) atoms. The average molecular weight is 244 g/mol. The Morgan fingerprint density at radius 2 is 2.24 bits per heavy atom. The van der Waals surface area contributed by atoms with Gasteiger partial charge in [0.05, 0.1) is 19.8 Å². The van der Waals surface area contributed by atoms with Crippen molar-refractivity contribution in [2.75, 3.05) is 19.8 Å². The molecule has 94 valence electrons. The first-order valence-electron chi connectivity index (χ1n) is 5.39. The number of halogens is 2. The quantitative estimate of drug-likeness (QED) is 0.811. The minimum atomic E-state index is -3.05. The van der Waals surface area contributed by atoms with E-state index in [4.69, 9.17) is 9.47 Å². The molecule has 1 fully saturated rings. The maximum Gasteiger partial charge on any atom is 0.303 e. The number of hydrogen-bond donors (Lipinski definition) is 0. The third-order valence-electron chi connectivity index (χ3n) is 2.48. The Kier molecular flexibility index (Phi) is 3.24. The van der Waals surface area contributed by atoms with Gasteiger partial charge < -0.3 is 9.47 Å². The fraction of sp³-hybridized carbons (Fsp3) is 0.636. The molecule has 0 saturated carbocycles. The van der Waals surface area contributed by atoms with Crippen LogP contribution in [-0.4, -0.2) is 29.8 Å². The number of aryl methyl sites for hydroxylation is 1. The summed E-state index contributed by atoms with van der Waals surface area (Å²) in [6.07, 6.45) is 1.35. The Labute approximate surface area is 98.0 Å². The van der Waals surface area contributed by atoms with E-state index < -0.39 is 11.7 Å². The van der Waals surface area contributed by atoms with Crippen LogP contribution in [0.15, 0.2) is 6.20 Å². The zero-order valence-electron chi connectivity index (χ0n) is 9.74. The van der Waals surface area contributed by atoms with E-state index in [2.05, 4.69) is 9.97 Å². The summed E-state index contributed by atoms with van der Waals surface area (Å²) in [7, 11) is 0. The molecule has 4 nitrogen and oxygen atoms in total. The van der Waals surface area contributed by atoms with E-state index in [0.29, 0.717) is 31.3 Å². The minimum absolute atomic E-state index is 0.225. The monoisotopic (exact) mass is 244 g/mol. The van der Waals surface area contributed by atoms with Gasteiger partial charge >= 0.3 is 5.92 Å². The normalized spacial score (nSPS) is 16.7. The predicted octanol–water partition coefficient (Wildman–Crippen LogP) is 1.92. The summed E-state index contributed by atoms with van der Waals surface area (Å²) in [6.45, 7) is 4.24. The Morgan fingerprint density at radius 1 is 1.53 bits per heavy atom. The molecule has 1 aromatic rings. The van der Waals surface area contributed by atoms with Crippen molar-refractivity contribution in [2.45, 2.75) is 19.8 Å². The number of aromatic nitrogens is 2. The van der Waals surface area contributed by atoms with Crippen LogP contribution in [0.25, 0.3) is 0 Å². The molecule has 1 saturated heterocycles. The average Bonchev–Trinajstić information content (AvgIpc) is 2.16. The predicted molar refractivity (Wildman–Crippen MR) is 56.1 cm³/mol. The second-order valence-electron chi connectivity index (χ2n) is 4.28. The molecular weight excluding hydrogens is 230 g/mol. The molecule has 0 aromatic carbocycles. The van der Waals surface area contributed by atoms with Gasteiger partial charge in [-0.15, -0.1) is 0 Å². The van der Waals surface area contributed by atoms with Crippen LogP contribution in [0, 0.1) is 12.8 Å². The summed E-state index contributed by atoms with van der Waals surface area (Å²) in [4.78, 5) is 7.36. The number of ether oxygens (including phenoxy) is 2. The maximum atomic E-state index is 13.0. The highest BCUT2D eigenvalue weighted by molar-refractivity contribution is 5.22. The Morgan fingerprint density at radius 3 is 2.76 bits per heavy atom. The van der Waals surface area contributed by atoms with Crippen molar-refractivity contribution in [3.63, 3.8) is 0 Å². The molecule has 0 radical (unpaired) electrons. The van der Waals surface area contributed by atoms with Crippen LogP contribution < -0.4 is 4.74 Å². The van der Waals surface area contributed by atoms with E-state index in [1.54, 1.807) is 6.92 Å². The molecule has 0 aliphatic carbocycles. The van der Waals surface area contributed by atoms with Gasteiger partial charge in [0.2, 0.25) is 11.7 Å². The third kappa shape index (κ3) is 2.88. The molecule has 6 heteroatoms. The van der Waals surface area contributed by atoms with Crippen LogP contribution in [0.2, 0.25) is 0 Å². The van der Waals surface area contributed by atoms with Crippen LogP contribution in [0.1, 0.15) is 18.3 Å². The van der Waals surface area contributed by atoms with Crippen molar-refractivity contribution in [3.05, 3.63) is 17.6 Å². The van der Waals surface area contributed by atoms with E-state index in [1.165, 1.54) is 6.20 Å². The molecule has 1 aliphatic rings. The molecule has 0 bridgehead atoms. The van der Waals surface area contributed by atoms with E-state index >= 15 is 0 Å². The molecule has 2 heterocycles. The van der Waals surface area contributed by atoms with Gasteiger partial charge in [0.15, 0.2) is 0 Å². The van der Waals surface area contributed by atoms with Gasteiger partial charge in [-0.1, -0.05) is 0 Å². The van der Waals surface area contributed by atoms with Gasteiger partial charge in [0, 0.05) is 24.6 Å². The minimum Gasteiger partial charge on any atom is -0.477 e. The van der Waals surface area contributed by atoms with Gasteiger partial charge in [0.1, 0.15) is 0 Å². The lowest BCUT2D eigenvalue weighted by atomic mass is 10.1. The van der Waals surface area contributed by atoms with E-state index in [1.807, 2.05) is 0 Å². The van der Waals surface area contributed by atoms with Crippen LogP contribution >= 0.6 is 0 Å². The van der Waals surface area contributed by atoms with Crippen molar-refractivity contribution in [2.24, 2.45) is 5.92 Å². The van der Waals surface area contributed by atoms with Gasteiger partial charge in [-0.2, -0.15) is 13.8 Å². The van der Waals surface area contributed by atoms with Crippen LogP contribution in [0.4, 0.5) is 8.78 Å². The lowest BCUT2D eigenvalue weighted by Crippen LogP contribution is -2.33. The summed E-state index contributed by atoms with van der Waals surface area (Å²) in [5.41, 5.74) is 0.651. The first-order chi connectivity index (χ1) is 7.97. The van der Waals surface area contributed by atoms with Gasteiger partial charge in [-0.25, -0.2) is 4.98 Å². The largest absolute Gasteiger partial charge is 0.477 e. The third-order valence-corrected chi connectivity index (χ3v) is 2.48. The molecule has 1 aliphatic heterocycles. The molecule has 0 atom stereocenters. The van der Waals surface area contributed by atoms with Gasteiger partial charge in [-0.05, 0) is 6.92 Å². The summed E-state index contributed by atoms with van der Waals surface area (Å²) in [5, 5.41) is 0. The van der Waals surface area contributed by atoms with Crippen molar-refractivity contribution < 1.29 is 18.3 Å². The highest BCUT2D eigenvalue weighted by Gasteiger charge is 2.29. The SMILES string of the molecule is Cc1cnc(C(C)(F)F)nc1OCC1COC1. The Hall–Kier alpha value is -1.30. The molecule has 0 N–H and O–H groups in total. The van der Waals surface area contributed by atoms with E-state index in [9.17, 15) is 8.78 Å². The smallest absolute Gasteiger partial charge is 0.303 e. The number of alkyl halides is 2. The second kappa shape index (κ2) is 4.52. The lowest BCUT2D eigenvalue weighted by Gasteiger charge is -2.25. The molecule has 2 rings (SSSR count). The second-order valence-corrected chi connectivity index (χ2v) is 4.28. The van der Waals surface area contributed by atoms with Gasteiger partial charge in [-0.3, -0.25) is 0 Å². The number of hydrogen-bond acceptors (Lipinski definition) is 4. The molecule has 0 unspecified atom stereocenters. The maximum absolute atomic E-state index is 13.0. The zero-order chi connectivity index (χ0) is 12.5. The summed E-state index contributed by atoms with van der Waals surface area (Å²) in [6, 6.07) is 0. The Balaban J connectivity index is 2.08. The summed E-state index contributed by atoms with van der Waals surface area (Å²) >= 11 is 0. The summed E-state index contributed by atoms with van der Waals surface area (Å²) in [5.74, 6) is -3.01. The van der Waals surface area contributed by atoms with Crippen molar-refractivity contribution in [3.8, 4) is 5.88 Å². The molecule has 1 aromatic heterocycles. The van der Waals surface area contributed by atoms with Crippen molar-refractivity contribution >= 4 is 0 Å². The lowest BCUT2D eigenvalue weighted by molar-refractivity contribution is -0.0519. The first kappa shape index (κ1) is 12.2. The fourth-order valence-corrected chi connectivity index (χ4v) is 1.36. The van der Waals surface area contributed by atoms with Crippen LogP contribution in [-0.2, 0) is 10.7 Å². The molecule has 0 amide bonds.